The Labute approximate surface area is 187 Å². The molecule has 0 aliphatic heterocycles. The number of benzene rings is 2. The van der Waals surface area contributed by atoms with Crippen molar-refractivity contribution in [3.05, 3.63) is 77.9 Å². The minimum Gasteiger partial charge on any atom is -0.125 e. The predicted octanol–water partition coefficient (Wildman–Crippen LogP) is 9.43. The molecule has 0 bridgehead atoms. The molecule has 0 heterocycles. The maximum atomic E-state index is 6.18. The fourth-order valence-electron chi connectivity index (χ4n) is 2.91. The third-order valence-electron chi connectivity index (χ3n) is 4.53. The lowest BCUT2D eigenvalue weighted by atomic mass is 10.1. The summed E-state index contributed by atoms with van der Waals surface area (Å²) in [6.07, 6.45) is 12.7. The molecule has 0 N–H and O–H groups in total. The Morgan fingerprint density at radius 1 is 0.786 bits per heavy atom. The number of hydrogen-bond acceptors (Lipinski definition) is 0. The summed E-state index contributed by atoms with van der Waals surface area (Å²) in [5, 5.41) is 0. The third-order valence-corrected chi connectivity index (χ3v) is 8.31. The molecule has 1 unspecified atom stereocenters. The Morgan fingerprint density at radius 3 is 1.89 bits per heavy atom. The van der Waals surface area contributed by atoms with E-state index in [4.69, 9.17) is 33.2 Å². The van der Waals surface area contributed by atoms with Crippen LogP contribution in [0.2, 0.25) is 0 Å². The van der Waals surface area contributed by atoms with Crippen molar-refractivity contribution in [2.75, 3.05) is 0 Å². The molecule has 0 fully saturated rings. The first-order chi connectivity index (χ1) is 13.5. The Hall–Kier alpha value is -0.733. The number of halogens is 3. The van der Waals surface area contributed by atoms with Crippen LogP contribution in [0.3, 0.4) is 0 Å². The molecule has 0 aliphatic carbocycles. The van der Waals surface area contributed by atoms with Crippen molar-refractivity contribution in [2.45, 2.75) is 64.3 Å². The summed E-state index contributed by atoms with van der Waals surface area (Å²) >= 11 is 18.5. The van der Waals surface area contributed by atoms with E-state index in [1.165, 1.54) is 43.2 Å². The highest BCUT2D eigenvalue weighted by Crippen LogP contribution is 2.40. The second kappa shape index (κ2) is 15.2. The molecule has 0 amide bonds. The monoisotopic (exact) mass is 454 g/mol. The number of hydrogen-bond donors (Lipinski definition) is 0. The van der Waals surface area contributed by atoms with E-state index in [2.05, 4.69) is 62.4 Å². The summed E-state index contributed by atoms with van der Waals surface area (Å²) in [5.74, 6) is 0. The van der Waals surface area contributed by atoms with Gasteiger partial charge >= 0.3 is 6.00 Å². The Morgan fingerprint density at radius 2 is 1.36 bits per heavy atom. The van der Waals surface area contributed by atoms with Gasteiger partial charge in [-0.2, -0.15) is 0 Å². The van der Waals surface area contributed by atoms with E-state index in [1.807, 2.05) is 24.3 Å². The molecule has 28 heavy (non-hydrogen) atoms. The highest BCUT2D eigenvalue weighted by molar-refractivity contribution is 7.65. The molecule has 2 aromatic rings. The summed E-state index contributed by atoms with van der Waals surface area (Å²) in [6, 6.07) is 17.9. The normalized spacial score (nSPS) is 12.5. The molecule has 0 spiro atoms. The largest absolute Gasteiger partial charge is 0.348 e. The van der Waals surface area contributed by atoms with E-state index >= 15 is 0 Å². The molecular formula is C24H33Cl3Si. The highest BCUT2D eigenvalue weighted by atomic mass is 35.8. The van der Waals surface area contributed by atoms with Gasteiger partial charge in [-0.15, -0.1) is 33.2 Å². The van der Waals surface area contributed by atoms with Crippen molar-refractivity contribution in [1.82, 2.24) is 0 Å². The maximum Gasteiger partial charge on any atom is 0.348 e. The van der Waals surface area contributed by atoms with Crippen molar-refractivity contribution in [3.8, 4) is 0 Å². The van der Waals surface area contributed by atoms with Crippen molar-refractivity contribution < 1.29 is 0 Å². The van der Waals surface area contributed by atoms with E-state index in [-0.39, 0.29) is 5.54 Å². The van der Waals surface area contributed by atoms with Crippen LogP contribution in [-0.4, -0.2) is 6.00 Å². The lowest BCUT2D eigenvalue weighted by Gasteiger charge is -2.22. The second-order valence-corrected chi connectivity index (χ2v) is 15.8. The van der Waals surface area contributed by atoms with E-state index in [0.717, 1.165) is 12.8 Å². The SMILES string of the molecule is CCCC/C=C/c1ccccc1.CCCCCC(c1ccccc1)[Si](Cl)(Cl)Cl. The van der Waals surface area contributed by atoms with E-state index in [0.29, 0.717) is 0 Å². The molecular weight excluding hydrogens is 423 g/mol. The average Bonchev–Trinajstić information content (AvgIpc) is 2.70. The van der Waals surface area contributed by atoms with Crippen molar-refractivity contribution in [2.24, 2.45) is 0 Å². The zero-order chi connectivity index (χ0) is 20.7. The number of allylic oxidation sites excluding steroid dienone is 1. The Balaban J connectivity index is 0.000000292. The second-order valence-electron chi connectivity index (χ2n) is 6.96. The average molecular weight is 456 g/mol. The summed E-state index contributed by atoms with van der Waals surface area (Å²) in [6.45, 7) is 4.40. The first-order valence-corrected chi connectivity index (χ1v) is 15.4. The van der Waals surface area contributed by atoms with Crippen LogP contribution in [0.1, 0.15) is 75.5 Å². The summed E-state index contributed by atoms with van der Waals surface area (Å²) < 4.78 is 0. The molecule has 2 aromatic carbocycles. The number of rotatable bonds is 10. The molecule has 0 aromatic heterocycles. The van der Waals surface area contributed by atoms with Gasteiger partial charge in [0.15, 0.2) is 0 Å². The molecule has 0 nitrogen and oxygen atoms in total. The third kappa shape index (κ3) is 11.3. The van der Waals surface area contributed by atoms with Gasteiger partial charge in [0.1, 0.15) is 0 Å². The maximum absolute atomic E-state index is 6.18. The zero-order valence-electron chi connectivity index (χ0n) is 17.1. The quantitative estimate of drug-likeness (QED) is 0.190. The number of unbranched alkanes of at least 4 members (excludes halogenated alkanes) is 4. The minimum absolute atomic E-state index is 0.130. The predicted molar refractivity (Wildman–Crippen MR) is 132 cm³/mol. The summed E-state index contributed by atoms with van der Waals surface area (Å²) in [5.41, 5.74) is 2.60. The van der Waals surface area contributed by atoms with Gasteiger partial charge < -0.3 is 0 Å². The van der Waals surface area contributed by atoms with Gasteiger partial charge in [-0.05, 0) is 24.0 Å². The van der Waals surface area contributed by atoms with Crippen molar-refractivity contribution in [1.29, 1.82) is 0 Å². The van der Waals surface area contributed by atoms with Crippen LogP contribution < -0.4 is 0 Å². The minimum atomic E-state index is -2.66. The van der Waals surface area contributed by atoms with Gasteiger partial charge in [-0.25, -0.2) is 0 Å². The summed E-state index contributed by atoms with van der Waals surface area (Å²) in [7, 11) is 0. The van der Waals surface area contributed by atoms with Crippen molar-refractivity contribution >= 4 is 45.3 Å². The molecule has 0 saturated carbocycles. The topological polar surface area (TPSA) is 0 Å². The molecule has 4 heteroatoms. The van der Waals surface area contributed by atoms with E-state index in [1.54, 1.807) is 0 Å². The van der Waals surface area contributed by atoms with Crippen LogP contribution >= 0.6 is 33.2 Å². The van der Waals surface area contributed by atoms with Crippen LogP contribution in [0, 0.1) is 0 Å². The first kappa shape index (κ1) is 25.3. The molecule has 1 atom stereocenters. The lowest BCUT2D eigenvalue weighted by Crippen LogP contribution is -2.23. The van der Waals surface area contributed by atoms with Crippen LogP contribution in [-0.2, 0) is 0 Å². The van der Waals surface area contributed by atoms with Gasteiger partial charge in [-0.1, -0.05) is 119 Å². The van der Waals surface area contributed by atoms with Gasteiger partial charge in [0.2, 0.25) is 0 Å². The van der Waals surface area contributed by atoms with Crippen LogP contribution in [0.4, 0.5) is 0 Å². The lowest BCUT2D eigenvalue weighted by molar-refractivity contribution is 0.651. The molecule has 0 aliphatic rings. The highest BCUT2D eigenvalue weighted by Gasteiger charge is 2.37. The molecule has 2 rings (SSSR count). The molecule has 0 saturated heterocycles. The Kier molecular flexibility index (Phi) is 13.7. The summed E-state index contributed by atoms with van der Waals surface area (Å²) in [4.78, 5) is 0. The molecule has 0 radical (unpaired) electrons. The van der Waals surface area contributed by atoms with E-state index in [9.17, 15) is 0 Å². The zero-order valence-corrected chi connectivity index (χ0v) is 20.4. The van der Waals surface area contributed by atoms with Gasteiger partial charge in [-0.3, -0.25) is 0 Å². The molecule has 154 valence electrons. The van der Waals surface area contributed by atoms with E-state index < -0.39 is 6.00 Å². The van der Waals surface area contributed by atoms with Crippen LogP contribution in [0.25, 0.3) is 6.08 Å². The van der Waals surface area contributed by atoms with Crippen LogP contribution in [0.15, 0.2) is 66.7 Å². The smallest absolute Gasteiger partial charge is 0.125 e. The standard InChI is InChI=1S/C12H17Cl3Si.C12H16/c1-2-3-5-10-12(16(13,14)15)11-8-6-4-7-9-11;1-2-3-4-6-9-12-10-7-5-8-11-12/h4,6-9,12H,2-3,5,10H2,1H3;5-11H,2-4H2,1H3/b;9-6+. The first-order valence-electron chi connectivity index (χ1n) is 10.3. The van der Waals surface area contributed by atoms with Gasteiger partial charge in [0.25, 0.3) is 0 Å². The Bertz CT molecular complexity index is 636. The van der Waals surface area contributed by atoms with Crippen LogP contribution in [0.5, 0.6) is 0 Å². The van der Waals surface area contributed by atoms with Gasteiger partial charge in [0.05, 0.1) is 0 Å². The fourth-order valence-corrected chi connectivity index (χ4v) is 6.13. The fraction of sp³-hybridized carbons (Fsp3) is 0.417. The van der Waals surface area contributed by atoms with Crippen molar-refractivity contribution in [3.63, 3.8) is 0 Å². The van der Waals surface area contributed by atoms with Gasteiger partial charge in [0, 0.05) is 5.54 Å².